The molecule has 1 atom stereocenters. The van der Waals surface area contributed by atoms with Gasteiger partial charge in [-0.3, -0.25) is 14.7 Å². The highest BCUT2D eigenvalue weighted by atomic mass is 16.2. The molecule has 1 aromatic rings. The number of nitrogens with one attached hydrogen (secondary N) is 3. The van der Waals surface area contributed by atoms with E-state index in [9.17, 15) is 9.59 Å². The Morgan fingerprint density at radius 1 is 1.42 bits per heavy atom. The molecule has 1 unspecified atom stereocenters. The summed E-state index contributed by atoms with van der Waals surface area (Å²) in [5.74, 6) is 0.356. The second-order valence-corrected chi connectivity index (χ2v) is 5.42. The second-order valence-electron chi connectivity index (χ2n) is 5.42. The van der Waals surface area contributed by atoms with Crippen molar-refractivity contribution in [3.63, 3.8) is 0 Å². The Labute approximate surface area is 112 Å². The molecule has 2 amide bonds. The van der Waals surface area contributed by atoms with Crippen LogP contribution in [0, 0.1) is 5.41 Å². The highest BCUT2D eigenvalue weighted by molar-refractivity contribution is 5.89. The van der Waals surface area contributed by atoms with Gasteiger partial charge in [0.25, 0.3) is 0 Å². The first-order valence-electron chi connectivity index (χ1n) is 6.23. The molecule has 3 N–H and O–H groups in total. The molecule has 7 heteroatoms. The van der Waals surface area contributed by atoms with Gasteiger partial charge in [0.15, 0.2) is 0 Å². The smallest absolute Gasteiger partial charge is 0.242 e. The summed E-state index contributed by atoms with van der Waals surface area (Å²) in [6.45, 7) is 7.52. The van der Waals surface area contributed by atoms with E-state index in [1.807, 2.05) is 0 Å². The number of nitrogens with zero attached hydrogens (tertiary/aromatic N) is 2. The number of H-pyrrole nitrogens is 1. The summed E-state index contributed by atoms with van der Waals surface area (Å²) in [7, 11) is 0. The van der Waals surface area contributed by atoms with Gasteiger partial charge in [-0.15, -0.1) is 0 Å². The zero-order valence-corrected chi connectivity index (χ0v) is 11.8. The van der Waals surface area contributed by atoms with Crippen molar-refractivity contribution in [2.75, 3.05) is 6.54 Å². The summed E-state index contributed by atoms with van der Waals surface area (Å²) in [4.78, 5) is 27.4. The Kier molecular flexibility index (Phi) is 5.02. The Morgan fingerprint density at radius 2 is 2.11 bits per heavy atom. The van der Waals surface area contributed by atoms with Gasteiger partial charge in [0.05, 0.1) is 0 Å². The van der Waals surface area contributed by atoms with Gasteiger partial charge in [-0.05, 0) is 6.92 Å². The lowest BCUT2D eigenvalue weighted by Gasteiger charge is -2.21. The van der Waals surface area contributed by atoms with Crippen LogP contribution in [0.25, 0.3) is 0 Å². The molecule has 0 aromatic carbocycles. The fourth-order valence-corrected chi connectivity index (χ4v) is 1.29. The molecular formula is C12H21N5O2. The maximum Gasteiger partial charge on any atom is 0.242 e. The van der Waals surface area contributed by atoms with E-state index in [1.165, 1.54) is 6.33 Å². The lowest BCUT2D eigenvalue weighted by Crippen LogP contribution is -2.48. The Balaban J connectivity index is 2.31. The van der Waals surface area contributed by atoms with E-state index in [-0.39, 0.29) is 11.8 Å². The molecule has 1 heterocycles. The number of carbonyl (C=O) groups excluding carboxylic acids is 2. The van der Waals surface area contributed by atoms with Crippen molar-refractivity contribution in [2.24, 2.45) is 5.41 Å². The highest BCUT2D eigenvalue weighted by Gasteiger charge is 2.24. The first kappa shape index (κ1) is 15.1. The molecule has 1 rings (SSSR count). The van der Waals surface area contributed by atoms with Crippen molar-refractivity contribution in [3.05, 3.63) is 12.2 Å². The van der Waals surface area contributed by atoms with Crippen LogP contribution in [0.15, 0.2) is 6.33 Å². The van der Waals surface area contributed by atoms with Crippen molar-refractivity contribution in [1.29, 1.82) is 0 Å². The molecule has 0 aliphatic rings. The fourth-order valence-electron chi connectivity index (χ4n) is 1.29. The minimum absolute atomic E-state index is 0.148. The summed E-state index contributed by atoms with van der Waals surface area (Å²) < 4.78 is 0. The van der Waals surface area contributed by atoms with E-state index in [0.29, 0.717) is 18.8 Å². The lowest BCUT2D eigenvalue weighted by atomic mass is 9.95. The molecule has 7 nitrogen and oxygen atoms in total. The van der Waals surface area contributed by atoms with E-state index >= 15 is 0 Å². The zero-order valence-electron chi connectivity index (χ0n) is 11.8. The molecular weight excluding hydrogens is 246 g/mol. The summed E-state index contributed by atoms with van der Waals surface area (Å²) in [5, 5.41) is 11.8. The van der Waals surface area contributed by atoms with Crippen molar-refractivity contribution in [2.45, 2.75) is 40.2 Å². The number of hydrogen-bond acceptors (Lipinski definition) is 4. The average Bonchev–Trinajstić information content (AvgIpc) is 2.80. The van der Waals surface area contributed by atoms with Crippen LogP contribution < -0.4 is 10.6 Å². The van der Waals surface area contributed by atoms with E-state index in [4.69, 9.17) is 0 Å². The third-order valence-electron chi connectivity index (χ3n) is 2.55. The van der Waals surface area contributed by atoms with Crippen molar-refractivity contribution >= 4 is 11.8 Å². The number of carbonyl (C=O) groups is 2. The minimum Gasteiger partial charge on any atom is -0.354 e. The molecule has 0 spiro atoms. The second kappa shape index (κ2) is 6.31. The molecule has 0 saturated carbocycles. The molecule has 19 heavy (non-hydrogen) atoms. The van der Waals surface area contributed by atoms with Crippen molar-refractivity contribution in [3.8, 4) is 0 Å². The maximum atomic E-state index is 11.8. The van der Waals surface area contributed by atoms with Crippen LogP contribution in [0.1, 0.15) is 33.5 Å². The van der Waals surface area contributed by atoms with Crippen LogP contribution in [0.2, 0.25) is 0 Å². The molecule has 0 aliphatic heterocycles. The quantitative estimate of drug-likeness (QED) is 0.700. The minimum atomic E-state index is -0.554. The van der Waals surface area contributed by atoms with E-state index in [0.717, 1.165) is 0 Å². The summed E-state index contributed by atoms with van der Waals surface area (Å²) in [5.41, 5.74) is -0.506. The molecule has 0 bridgehead atoms. The highest BCUT2D eigenvalue weighted by Crippen LogP contribution is 2.12. The number of aromatic amines is 1. The van der Waals surface area contributed by atoms with Crippen LogP contribution >= 0.6 is 0 Å². The SMILES string of the molecule is CC(NC(=O)C(C)(C)C)C(=O)NCCc1ncn[nH]1. The first-order chi connectivity index (χ1) is 8.80. The number of hydrogen-bond donors (Lipinski definition) is 3. The van der Waals surface area contributed by atoms with Gasteiger partial charge in [0.1, 0.15) is 18.2 Å². The fraction of sp³-hybridized carbons (Fsp3) is 0.667. The largest absolute Gasteiger partial charge is 0.354 e. The zero-order chi connectivity index (χ0) is 14.5. The van der Waals surface area contributed by atoms with Gasteiger partial charge in [-0.25, -0.2) is 4.98 Å². The van der Waals surface area contributed by atoms with Crippen LogP contribution in [0.5, 0.6) is 0 Å². The Hall–Kier alpha value is -1.92. The normalized spacial score (nSPS) is 12.8. The van der Waals surface area contributed by atoms with Gasteiger partial charge in [-0.1, -0.05) is 20.8 Å². The lowest BCUT2D eigenvalue weighted by molar-refractivity contribution is -0.133. The number of rotatable bonds is 5. The third kappa shape index (κ3) is 5.07. The topological polar surface area (TPSA) is 99.8 Å². The average molecular weight is 267 g/mol. The van der Waals surface area contributed by atoms with E-state index < -0.39 is 11.5 Å². The molecule has 1 aromatic heterocycles. The summed E-state index contributed by atoms with van der Waals surface area (Å²) in [6.07, 6.45) is 2.00. The van der Waals surface area contributed by atoms with Crippen LogP contribution in [0.3, 0.4) is 0 Å². The number of amides is 2. The van der Waals surface area contributed by atoms with Gasteiger partial charge in [0.2, 0.25) is 11.8 Å². The van der Waals surface area contributed by atoms with Crippen LogP contribution in [0.4, 0.5) is 0 Å². The van der Waals surface area contributed by atoms with Gasteiger partial charge >= 0.3 is 0 Å². The summed E-state index contributed by atoms with van der Waals surface area (Å²) >= 11 is 0. The van der Waals surface area contributed by atoms with Gasteiger partial charge in [-0.2, -0.15) is 5.10 Å². The molecule has 0 radical (unpaired) electrons. The molecule has 0 aliphatic carbocycles. The van der Waals surface area contributed by atoms with Crippen molar-refractivity contribution < 1.29 is 9.59 Å². The van der Waals surface area contributed by atoms with E-state index in [2.05, 4.69) is 25.8 Å². The van der Waals surface area contributed by atoms with Crippen molar-refractivity contribution in [1.82, 2.24) is 25.8 Å². The Bertz CT molecular complexity index is 422. The van der Waals surface area contributed by atoms with Gasteiger partial charge < -0.3 is 10.6 Å². The van der Waals surface area contributed by atoms with Crippen LogP contribution in [-0.4, -0.2) is 39.6 Å². The van der Waals surface area contributed by atoms with Crippen LogP contribution in [-0.2, 0) is 16.0 Å². The monoisotopic (exact) mass is 267 g/mol. The standard InChI is InChI=1S/C12H21N5O2/c1-8(16-11(19)12(2,3)4)10(18)13-6-5-9-14-7-15-17-9/h7-8H,5-6H2,1-4H3,(H,13,18)(H,16,19)(H,14,15,17). The predicted octanol–water partition coefficient (Wildman–Crippen LogP) is 0.0142. The molecule has 0 saturated heterocycles. The Morgan fingerprint density at radius 3 is 2.63 bits per heavy atom. The molecule has 106 valence electrons. The van der Waals surface area contributed by atoms with Gasteiger partial charge in [0, 0.05) is 18.4 Å². The van der Waals surface area contributed by atoms with E-state index in [1.54, 1.807) is 27.7 Å². The first-order valence-corrected chi connectivity index (χ1v) is 6.23. The number of aromatic nitrogens is 3. The predicted molar refractivity (Wildman–Crippen MR) is 70.2 cm³/mol. The maximum absolute atomic E-state index is 11.8. The summed E-state index contributed by atoms with van der Waals surface area (Å²) in [6, 6.07) is -0.554. The molecule has 0 fully saturated rings. The third-order valence-corrected chi connectivity index (χ3v) is 2.55.